The van der Waals surface area contributed by atoms with Crippen LogP contribution in [0.4, 0.5) is 10.1 Å². The molecule has 2 nitrogen and oxygen atoms in total. The topological polar surface area (TPSA) is 20.3 Å². The van der Waals surface area contributed by atoms with Gasteiger partial charge in [-0.2, -0.15) is 0 Å². The molecule has 1 aromatic carbocycles. The minimum Gasteiger partial charge on any atom is -0.309 e. The first-order valence-electron chi connectivity index (χ1n) is 5.21. The number of anilines is 1. The van der Waals surface area contributed by atoms with Crippen molar-refractivity contribution in [2.45, 2.75) is 32.7 Å². The first-order chi connectivity index (χ1) is 7.13. The maximum Gasteiger partial charge on any atom is 0.224 e. The average molecular weight is 207 g/mol. The Hall–Kier alpha value is -1.38. The van der Waals surface area contributed by atoms with E-state index < -0.39 is 0 Å². The van der Waals surface area contributed by atoms with Gasteiger partial charge in [-0.15, -0.1) is 0 Å². The van der Waals surface area contributed by atoms with Gasteiger partial charge in [0.15, 0.2) is 0 Å². The van der Waals surface area contributed by atoms with Crippen molar-refractivity contribution in [1.29, 1.82) is 0 Å². The Morgan fingerprint density at radius 1 is 1.60 bits per heavy atom. The van der Waals surface area contributed by atoms with Crippen molar-refractivity contribution in [1.82, 2.24) is 0 Å². The van der Waals surface area contributed by atoms with Gasteiger partial charge in [-0.1, -0.05) is 6.92 Å². The third kappa shape index (κ3) is 1.62. The van der Waals surface area contributed by atoms with Crippen LogP contribution >= 0.6 is 0 Å². The monoisotopic (exact) mass is 207 g/mol. The fourth-order valence-corrected chi connectivity index (χ4v) is 2.25. The highest BCUT2D eigenvalue weighted by atomic mass is 19.1. The van der Waals surface area contributed by atoms with E-state index in [2.05, 4.69) is 0 Å². The molecule has 80 valence electrons. The Labute approximate surface area is 88.7 Å². The van der Waals surface area contributed by atoms with Gasteiger partial charge in [0.2, 0.25) is 5.91 Å². The second-order valence-corrected chi connectivity index (χ2v) is 3.93. The van der Waals surface area contributed by atoms with E-state index in [0.717, 1.165) is 24.1 Å². The van der Waals surface area contributed by atoms with Crippen molar-refractivity contribution in [3.8, 4) is 0 Å². The molecular formula is C12H14FNO. The van der Waals surface area contributed by atoms with Crippen molar-refractivity contribution in [2.24, 2.45) is 0 Å². The molecule has 0 N–H and O–H groups in total. The van der Waals surface area contributed by atoms with Gasteiger partial charge < -0.3 is 4.90 Å². The maximum atomic E-state index is 13.0. The summed E-state index contributed by atoms with van der Waals surface area (Å²) in [5.74, 6) is -0.193. The van der Waals surface area contributed by atoms with Gasteiger partial charge in [0.25, 0.3) is 0 Å². The third-order valence-corrected chi connectivity index (χ3v) is 2.93. The standard InChI is InChI=1S/C12H14FNO/c1-3-11-7-9-6-10(13)4-5-12(9)14(11)8(2)15/h4-6,11H,3,7H2,1-2H3. The lowest BCUT2D eigenvalue weighted by Crippen LogP contribution is -2.35. The zero-order valence-corrected chi connectivity index (χ0v) is 8.96. The van der Waals surface area contributed by atoms with Crippen molar-refractivity contribution >= 4 is 11.6 Å². The van der Waals surface area contributed by atoms with E-state index in [1.165, 1.54) is 12.1 Å². The first kappa shape index (κ1) is 10.1. The van der Waals surface area contributed by atoms with E-state index in [9.17, 15) is 9.18 Å². The van der Waals surface area contributed by atoms with Crippen LogP contribution in [0, 0.1) is 5.82 Å². The van der Waals surface area contributed by atoms with Crippen LogP contribution in [0.1, 0.15) is 25.8 Å². The van der Waals surface area contributed by atoms with E-state index in [1.54, 1.807) is 17.9 Å². The van der Waals surface area contributed by atoms with Crippen LogP contribution in [-0.4, -0.2) is 11.9 Å². The summed E-state index contributed by atoms with van der Waals surface area (Å²) in [5.41, 5.74) is 1.81. The fraction of sp³-hybridized carbons (Fsp3) is 0.417. The summed E-state index contributed by atoms with van der Waals surface area (Å²) < 4.78 is 13.0. The molecule has 0 spiro atoms. The number of hydrogen-bond donors (Lipinski definition) is 0. The van der Waals surface area contributed by atoms with Gasteiger partial charge in [-0.25, -0.2) is 4.39 Å². The normalized spacial score (nSPS) is 19.1. The highest BCUT2D eigenvalue weighted by Crippen LogP contribution is 2.33. The Bertz CT molecular complexity index is 403. The zero-order valence-electron chi connectivity index (χ0n) is 8.96. The summed E-state index contributed by atoms with van der Waals surface area (Å²) in [6.07, 6.45) is 1.67. The second kappa shape index (κ2) is 3.65. The summed E-state index contributed by atoms with van der Waals surface area (Å²) in [6.45, 7) is 3.60. The number of carbonyl (C=O) groups excluding carboxylic acids is 1. The summed E-state index contributed by atoms with van der Waals surface area (Å²) in [6, 6.07) is 4.83. The molecule has 0 aromatic heterocycles. The maximum absolute atomic E-state index is 13.0. The minimum atomic E-state index is -0.228. The van der Waals surface area contributed by atoms with Gasteiger partial charge in [-0.3, -0.25) is 4.79 Å². The molecule has 0 saturated heterocycles. The molecule has 15 heavy (non-hydrogen) atoms. The van der Waals surface area contributed by atoms with Gasteiger partial charge in [-0.05, 0) is 36.6 Å². The molecular weight excluding hydrogens is 193 g/mol. The van der Waals surface area contributed by atoms with E-state index in [4.69, 9.17) is 0 Å². The molecule has 0 aliphatic carbocycles. The molecule has 1 amide bonds. The summed E-state index contributed by atoms with van der Waals surface area (Å²) in [4.78, 5) is 13.3. The zero-order chi connectivity index (χ0) is 11.0. The predicted molar refractivity (Wildman–Crippen MR) is 57.3 cm³/mol. The molecule has 0 fully saturated rings. The molecule has 1 aromatic rings. The van der Waals surface area contributed by atoms with E-state index in [0.29, 0.717) is 0 Å². The smallest absolute Gasteiger partial charge is 0.224 e. The van der Waals surface area contributed by atoms with Crippen LogP contribution in [0.25, 0.3) is 0 Å². The largest absolute Gasteiger partial charge is 0.309 e. The first-order valence-corrected chi connectivity index (χ1v) is 5.21. The van der Waals surface area contributed by atoms with Crippen LogP contribution in [0.15, 0.2) is 18.2 Å². The molecule has 1 aliphatic rings. The average Bonchev–Trinajstić information content (AvgIpc) is 2.54. The Balaban J connectivity index is 2.44. The lowest BCUT2D eigenvalue weighted by molar-refractivity contribution is -0.116. The van der Waals surface area contributed by atoms with Gasteiger partial charge in [0.1, 0.15) is 5.82 Å². The predicted octanol–water partition coefficient (Wildman–Crippen LogP) is 2.51. The Morgan fingerprint density at radius 3 is 2.93 bits per heavy atom. The number of amides is 1. The van der Waals surface area contributed by atoms with E-state index >= 15 is 0 Å². The van der Waals surface area contributed by atoms with Crippen LogP contribution in [0.3, 0.4) is 0 Å². The highest BCUT2D eigenvalue weighted by molar-refractivity contribution is 5.94. The molecule has 0 bridgehead atoms. The Morgan fingerprint density at radius 2 is 2.33 bits per heavy atom. The van der Waals surface area contributed by atoms with Gasteiger partial charge >= 0.3 is 0 Å². The molecule has 0 radical (unpaired) electrons. The number of benzene rings is 1. The number of rotatable bonds is 1. The minimum absolute atomic E-state index is 0.0345. The summed E-state index contributed by atoms with van der Waals surface area (Å²) in [5, 5.41) is 0. The van der Waals surface area contributed by atoms with Crippen molar-refractivity contribution < 1.29 is 9.18 Å². The molecule has 0 saturated carbocycles. The van der Waals surface area contributed by atoms with Crippen molar-refractivity contribution in [2.75, 3.05) is 4.90 Å². The molecule has 1 heterocycles. The number of halogens is 1. The molecule has 3 heteroatoms. The molecule has 1 aliphatic heterocycles. The van der Waals surface area contributed by atoms with Crippen molar-refractivity contribution in [3.63, 3.8) is 0 Å². The fourth-order valence-electron chi connectivity index (χ4n) is 2.25. The van der Waals surface area contributed by atoms with Gasteiger partial charge in [0, 0.05) is 18.7 Å². The highest BCUT2D eigenvalue weighted by Gasteiger charge is 2.30. The number of nitrogens with zero attached hydrogens (tertiary/aromatic N) is 1. The number of carbonyl (C=O) groups is 1. The van der Waals surface area contributed by atoms with Gasteiger partial charge in [0.05, 0.1) is 0 Å². The Kier molecular flexibility index (Phi) is 2.47. The van der Waals surface area contributed by atoms with Crippen LogP contribution in [-0.2, 0) is 11.2 Å². The second-order valence-electron chi connectivity index (χ2n) is 3.93. The lowest BCUT2D eigenvalue weighted by atomic mass is 10.1. The van der Waals surface area contributed by atoms with Crippen LogP contribution < -0.4 is 4.90 Å². The SMILES string of the molecule is CCC1Cc2cc(F)ccc2N1C(C)=O. The molecule has 1 atom stereocenters. The van der Waals surface area contributed by atoms with Crippen LogP contribution in [0.2, 0.25) is 0 Å². The van der Waals surface area contributed by atoms with Crippen LogP contribution in [0.5, 0.6) is 0 Å². The lowest BCUT2D eigenvalue weighted by Gasteiger charge is -2.22. The molecule has 2 rings (SSSR count). The number of fused-ring (bicyclic) bond motifs is 1. The van der Waals surface area contributed by atoms with Crippen molar-refractivity contribution in [3.05, 3.63) is 29.6 Å². The quantitative estimate of drug-likeness (QED) is 0.693. The molecule has 1 unspecified atom stereocenters. The van der Waals surface area contributed by atoms with E-state index in [1.807, 2.05) is 6.92 Å². The third-order valence-electron chi connectivity index (χ3n) is 2.93. The summed E-state index contributed by atoms with van der Waals surface area (Å²) in [7, 11) is 0. The van der Waals surface area contributed by atoms with E-state index in [-0.39, 0.29) is 17.8 Å². The number of hydrogen-bond acceptors (Lipinski definition) is 1. The summed E-state index contributed by atoms with van der Waals surface area (Å²) >= 11 is 0.